The van der Waals surface area contributed by atoms with Crippen molar-refractivity contribution in [3.8, 4) is 0 Å². The molecular weight excluding hydrogens is 282 g/mol. The second-order valence-electron chi connectivity index (χ2n) is 3.99. The Kier molecular flexibility index (Phi) is 4.31. The van der Waals surface area contributed by atoms with E-state index in [0.29, 0.717) is 12.2 Å². The maximum Gasteiger partial charge on any atom is 0.325 e. The number of nitrogens with one attached hydrogen (secondary N) is 2. The summed E-state index contributed by atoms with van der Waals surface area (Å²) in [6, 6.07) is -0.382. The van der Waals surface area contributed by atoms with E-state index in [-0.39, 0.29) is 12.6 Å². The number of carbonyl (C=O) groups excluding carboxylic acids is 1. The molecule has 20 heavy (non-hydrogen) atoms. The number of aryl methyl sites for hydroxylation is 1. The first-order chi connectivity index (χ1) is 9.54. The molecule has 2 rings (SSSR count). The quantitative estimate of drug-likeness (QED) is 0.764. The molecule has 8 nitrogen and oxygen atoms in total. The Morgan fingerprint density at radius 1 is 1.50 bits per heavy atom. The van der Waals surface area contributed by atoms with Gasteiger partial charge in [0.1, 0.15) is 6.54 Å². The van der Waals surface area contributed by atoms with Gasteiger partial charge in [0.2, 0.25) is 0 Å². The number of carbonyl (C=O) groups is 2. The number of anilines is 1. The number of urea groups is 1. The van der Waals surface area contributed by atoms with Crippen LogP contribution in [0.2, 0.25) is 0 Å². The van der Waals surface area contributed by atoms with Crippen molar-refractivity contribution in [2.45, 2.75) is 20.0 Å². The summed E-state index contributed by atoms with van der Waals surface area (Å²) in [5.74, 6) is -0.996. The van der Waals surface area contributed by atoms with Crippen LogP contribution < -0.4 is 10.6 Å². The van der Waals surface area contributed by atoms with Crippen LogP contribution in [0.5, 0.6) is 0 Å². The third-order valence-corrected chi connectivity index (χ3v) is 3.38. The molecule has 0 aliphatic heterocycles. The third-order valence-electron chi connectivity index (χ3n) is 2.44. The zero-order chi connectivity index (χ0) is 14.5. The van der Waals surface area contributed by atoms with E-state index in [1.54, 1.807) is 5.51 Å². The molecule has 0 radical (unpaired) electrons. The molecule has 3 N–H and O–H groups in total. The summed E-state index contributed by atoms with van der Waals surface area (Å²) in [6.45, 7) is 2.02. The number of hydrogen-bond donors (Lipinski definition) is 3. The summed E-state index contributed by atoms with van der Waals surface area (Å²) in [6.07, 6.45) is 2.84. The molecular formula is C11H13N5O3S. The highest BCUT2D eigenvalue weighted by atomic mass is 32.1. The Balaban J connectivity index is 1.84. The van der Waals surface area contributed by atoms with Crippen LogP contribution in [0.1, 0.15) is 10.6 Å². The van der Waals surface area contributed by atoms with Crippen molar-refractivity contribution in [2.24, 2.45) is 0 Å². The van der Waals surface area contributed by atoms with Crippen molar-refractivity contribution in [2.75, 3.05) is 5.32 Å². The van der Waals surface area contributed by atoms with E-state index in [9.17, 15) is 9.59 Å². The first-order valence-corrected chi connectivity index (χ1v) is 6.60. The van der Waals surface area contributed by atoms with Crippen LogP contribution in [0.4, 0.5) is 10.5 Å². The molecule has 0 atom stereocenters. The summed E-state index contributed by atoms with van der Waals surface area (Å²) in [5.41, 5.74) is 3.05. The predicted molar refractivity (Wildman–Crippen MR) is 72.6 cm³/mol. The first-order valence-electron chi connectivity index (χ1n) is 5.72. The summed E-state index contributed by atoms with van der Waals surface area (Å²) in [7, 11) is 0. The Bertz CT molecular complexity index is 621. The predicted octanol–water partition coefficient (Wildman–Crippen LogP) is 1.05. The van der Waals surface area contributed by atoms with Gasteiger partial charge in [0, 0.05) is 11.1 Å². The minimum Gasteiger partial charge on any atom is -0.480 e. The lowest BCUT2D eigenvalue weighted by atomic mass is 10.4. The zero-order valence-electron chi connectivity index (χ0n) is 10.7. The van der Waals surface area contributed by atoms with Gasteiger partial charge >= 0.3 is 12.0 Å². The normalized spacial score (nSPS) is 10.2. The molecule has 0 unspecified atom stereocenters. The van der Waals surface area contributed by atoms with Crippen molar-refractivity contribution in [3.63, 3.8) is 0 Å². The van der Waals surface area contributed by atoms with Gasteiger partial charge in [0.25, 0.3) is 0 Å². The molecule has 0 bridgehead atoms. The van der Waals surface area contributed by atoms with E-state index in [2.05, 4.69) is 20.7 Å². The van der Waals surface area contributed by atoms with Crippen LogP contribution in [-0.2, 0) is 17.9 Å². The van der Waals surface area contributed by atoms with Gasteiger partial charge in [-0.15, -0.1) is 11.3 Å². The smallest absolute Gasteiger partial charge is 0.325 e. The van der Waals surface area contributed by atoms with E-state index < -0.39 is 5.97 Å². The van der Waals surface area contributed by atoms with E-state index in [1.165, 1.54) is 28.4 Å². The highest BCUT2D eigenvalue weighted by Gasteiger charge is 2.07. The van der Waals surface area contributed by atoms with Crippen LogP contribution >= 0.6 is 11.3 Å². The summed E-state index contributed by atoms with van der Waals surface area (Å²) >= 11 is 1.47. The van der Waals surface area contributed by atoms with Crippen molar-refractivity contribution in [1.82, 2.24) is 20.1 Å². The van der Waals surface area contributed by atoms with Gasteiger partial charge in [-0.2, -0.15) is 5.10 Å². The van der Waals surface area contributed by atoms with E-state index in [1.807, 2.05) is 6.92 Å². The maximum atomic E-state index is 11.7. The van der Waals surface area contributed by atoms with Gasteiger partial charge in [-0.1, -0.05) is 0 Å². The summed E-state index contributed by atoms with van der Waals surface area (Å²) < 4.78 is 1.23. The van der Waals surface area contributed by atoms with Gasteiger partial charge in [0.05, 0.1) is 29.6 Å². The average Bonchev–Trinajstić information content (AvgIpc) is 2.96. The highest BCUT2D eigenvalue weighted by Crippen LogP contribution is 2.11. The van der Waals surface area contributed by atoms with Crippen LogP contribution in [0.3, 0.4) is 0 Å². The molecule has 9 heteroatoms. The van der Waals surface area contributed by atoms with Gasteiger partial charge in [-0.05, 0) is 6.92 Å². The van der Waals surface area contributed by atoms with Crippen molar-refractivity contribution >= 4 is 29.0 Å². The highest BCUT2D eigenvalue weighted by molar-refractivity contribution is 7.09. The topological polar surface area (TPSA) is 109 Å². The lowest BCUT2D eigenvalue weighted by Gasteiger charge is -2.04. The molecule has 2 aromatic rings. The van der Waals surface area contributed by atoms with Gasteiger partial charge < -0.3 is 15.7 Å². The molecule has 0 saturated heterocycles. The minimum atomic E-state index is -0.996. The van der Waals surface area contributed by atoms with Crippen LogP contribution in [-0.4, -0.2) is 31.9 Å². The molecule has 0 aromatic carbocycles. The number of hydrogen-bond acceptors (Lipinski definition) is 5. The number of amides is 2. The second kappa shape index (κ2) is 6.15. The van der Waals surface area contributed by atoms with Crippen molar-refractivity contribution in [3.05, 3.63) is 28.5 Å². The Labute approximate surface area is 118 Å². The summed E-state index contributed by atoms with van der Waals surface area (Å²) in [4.78, 5) is 27.2. The van der Waals surface area contributed by atoms with Crippen molar-refractivity contribution in [1.29, 1.82) is 0 Å². The number of aliphatic carboxylic acids is 1. The maximum absolute atomic E-state index is 11.7. The fourth-order valence-electron chi connectivity index (χ4n) is 1.48. The lowest BCUT2D eigenvalue weighted by molar-refractivity contribution is -0.137. The molecule has 2 heterocycles. The Morgan fingerprint density at radius 2 is 2.30 bits per heavy atom. The van der Waals surface area contributed by atoms with Crippen LogP contribution in [0, 0.1) is 6.92 Å². The number of carboxylic acid groups (broad SMARTS) is 1. The standard InChI is InChI=1S/C11H13N5O3S/c1-7-9(20-6-13-7)3-12-11(19)15-8-2-14-16(4-8)5-10(17)18/h2,4,6H,3,5H2,1H3,(H,17,18)(H2,12,15,19). The second-order valence-corrected chi connectivity index (χ2v) is 4.93. The average molecular weight is 295 g/mol. The van der Waals surface area contributed by atoms with Gasteiger partial charge in [0.15, 0.2) is 0 Å². The molecule has 0 fully saturated rings. The molecule has 0 spiro atoms. The first kappa shape index (κ1) is 14.0. The molecule has 2 aromatic heterocycles. The third kappa shape index (κ3) is 3.79. The molecule has 2 amide bonds. The fourth-order valence-corrected chi connectivity index (χ4v) is 2.20. The zero-order valence-corrected chi connectivity index (χ0v) is 11.5. The fraction of sp³-hybridized carbons (Fsp3) is 0.273. The number of carboxylic acids is 1. The number of rotatable bonds is 5. The molecule has 0 aliphatic rings. The monoisotopic (exact) mass is 295 g/mol. The number of nitrogens with zero attached hydrogens (tertiary/aromatic N) is 3. The van der Waals surface area contributed by atoms with Crippen LogP contribution in [0.15, 0.2) is 17.9 Å². The van der Waals surface area contributed by atoms with Gasteiger partial charge in [-0.3, -0.25) is 9.48 Å². The molecule has 106 valence electrons. The number of thiazole rings is 1. The van der Waals surface area contributed by atoms with Crippen LogP contribution in [0.25, 0.3) is 0 Å². The van der Waals surface area contributed by atoms with E-state index in [4.69, 9.17) is 5.11 Å². The van der Waals surface area contributed by atoms with E-state index in [0.717, 1.165) is 10.6 Å². The Morgan fingerprint density at radius 3 is 2.95 bits per heavy atom. The summed E-state index contributed by atoms with van der Waals surface area (Å²) in [5, 5.41) is 17.7. The number of aromatic nitrogens is 3. The van der Waals surface area contributed by atoms with Crippen molar-refractivity contribution < 1.29 is 14.7 Å². The molecule has 0 aliphatic carbocycles. The largest absolute Gasteiger partial charge is 0.480 e. The SMILES string of the molecule is Cc1ncsc1CNC(=O)Nc1cnn(CC(=O)O)c1. The van der Waals surface area contributed by atoms with Gasteiger partial charge in [-0.25, -0.2) is 9.78 Å². The Hall–Kier alpha value is -2.42. The minimum absolute atomic E-state index is 0.247. The molecule has 0 saturated carbocycles. The van der Waals surface area contributed by atoms with E-state index >= 15 is 0 Å². The lowest BCUT2D eigenvalue weighted by Crippen LogP contribution is -2.27.